The van der Waals surface area contributed by atoms with E-state index in [0.29, 0.717) is 16.2 Å². The second kappa shape index (κ2) is 6.54. The summed E-state index contributed by atoms with van der Waals surface area (Å²) in [5.41, 5.74) is 0.790. The van der Waals surface area contributed by atoms with Gasteiger partial charge in [0, 0.05) is 34.8 Å². The highest BCUT2D eigenvalue weighted by atomic mass is 32.2. The first-order valence-corrected chi connectivity index (χ1v) is 8.97. The van der Waals surface area contributed by atoms with Crippen LogP contribution in [0.3, 0.4) is 0 Å². The van der Waals surface area contributed by atoms with E-state index >= 15 is 0 Å². The second-order valence-electron chi connectivity index (χ2n) is 6.16. The molecule has 0 saturated heterocycles. The fourth-order valence-electron chi connectivity index (χ4n) is 3.05. The van der Waals surface area contributed by atoms with E-state index in [1.54, 1.807) is 18.3 Å². The summed E-state index contributed by atoms with van der Waals surface area (Å²) in [5.74, 6) is -1.55. The van der Waals surface area contributed by atoms with Crippen LogP contribution in [0.2, 0.25) is 0 Å². The third kappa shape index (κ3) is 2.67. The van der Waals surface area contributed by atoms with Gasteiger partial charge in [-0.1, -0.05) is 18.2 Å². The molecule has 0 radical (unpaired) electrons. The Bertz CT molecular complexity index is 1070. The monoisotopic (exact) mass is 369 g/mol. The lowest BCUT2D eigenvalue weighted by molar-refractivity contribution is -0.116. The van der Waals surface area contributed by atoms with Crippen LogP contribution in [-0.2, 0) is 4.79 Å². The number of thioether (sulfide) groups is 1. The Morgan fingerprint density at radius 1 is 1.31 bits per heavy atom. The van der Waals surface area contributed by atoms with E-state index in [2.05, 4.69) is 4.98 Å². The van der Waals surface area contributed by atoms with Crippen molar-refractivity contribution in [3.8, 4) is 17.3 Å². The first-order valence-electron chi connectivity index (χ1n) is 8.16. The lowest BCUT2D eigenvalue weighted by atomic mass is 9.87. The van der Waals surface area contributed by atoms with Gasteiger partial charge in [0.05, 0.1) is 11.3 Å². The summed E-state index contributed by atoms with van der Waals surface area (Å²) in [6.45, 7) is 0. The number of aromatic nitrogens is 2. The molecule has 4 rings (SSSR count). The third-order valence-electron chi connectivity index (χ3n) is 4.64. The smallest absolute Gasteiger partial charge is 0.201 e. The molecule has 0 spiro atoms. The molecule has 3 aromatic rings. The molecule has 4 nitrogen and oxygen atoms in total. The highest BCUT2D eigenvalue weighted by molar-refractivity contribution is 8.13. The van der Waals surface area contributed by atoms with E-state index in [-0.39, 0.29) is 22.1 Å². The van der Waals surface area contributed by atoms with Gasteiger partial charge >= 0.3 is 0 Å². The van der Waals surface area contributed by atoms with Crippen LogP contribution in [0.25, 0.3) is 16.8 Å². The van der Waals surface area contributed by atoms with Gasteiger partial charge in [-0.3, -0.25) is 14.2 Å². The molecule has 0 atom stereocenters. The van der Waals surface area contributed by atoms with Crippen LogP contribution < -0.4 is 0 Å². The quantitative estimate of drug-likeness (QED) is 0.635. The Balaban J connectivity index is 1.86. The van der Waals surface area contributed by atoms with Crippen molar-refractivity contribution in [2.75, 3.05) is 0 Å². The second-order valence-corrected chi connectivity index (χ2v) is 7.21. The predicted octanol–water partition coefficient (Wildman–Crippen LogP) is 4.57. The zero-order chi connectivity index (χ0) is 18.3. The summed E-state index contributed by atoms with van der Waals surface area (Å²) < 4.78 is 29.6. The van der Waals surface area contributed by atoms with Crippen molar-refractivity contribution in [2.24, 2.45) is 5.92 Å². The molecule has 1 aliphatic carbocycles. The van der Waals surface area contributed by atoms with Gasteiger partial charge in [-0.25, -0.2) is 4.39 Å². The number of hydrogen-bond acceptors (Lipinski definition) is 4. The van der Waals surface area contributed by atoms with E-state index in [4.69, 9.17) is 0 Å². The summed E-state index contributed by atoms with van der Waals surface area (Å²) in [6.07, 6.45) is 5.93. The van der Waals surface area contributed by atoms with Gasteiger partial charge in [-0.15, -0.1) is 0 Å². The number of hydrogen-bond donors (Lipinski definition) is 0. The summed E-state index contributed by atoms with van der Waals surface area (Å²) in [4.78, 5) is 17.1. The molecule has 0 amide bonds. The molecule has 1 aliphatic rings. The number of carbonyl (C=O) groups is 1. The van der Waals surface area contributed by atoms with Crippen molar-refractivity contribution in [2.45, 2.75) is 24.2 Å². The van der Waals surface area contributed by atoms with E-state index in [1.165, 1.54) is 12.3 Å². The number of nitrogens with zero attached hydrogens (tertiary/aromatic N) is 3. The number of pyridine rings is 2. The van der Waals surface area contributed by atoms with E-state index in [0.717, 1.165) is 41.5 Å². The average molecular weight is 369 g/mol. The molecular weight excluding hydrogens is 356 g/mol. The van der Waals surface area contributed by atoms with Crippen LogP contribution in [-0.4, -0.2) is 14.5 Å². The van der Waals surface area contributed by atoms with Crippen LogP contribution in [0.1, 0.15) is 24.8 Å². The molecule has 26 heavy (non-hydrogen) atoms. The normalized spacial score (nSPS) is 14.2. The highest BCUT2D eigenvalue weighted by Crippen LogP contribution is 2.38. The average Bonchev–Trinajstić information content (AvgIpc) is 2.88. The van der Waals surface area contributed by atoms with Gasteiger partial charge < -0.3 is 0 Å². The molecule has 0 bridgehead atoms. The minimum atomic E-state index is -0.810. The van der Waals surface area contributed by atoms with Crippen LogP contribution >= 0.6 is 11.8 Å². The number of fused-ring (bicyclic) bond motifs is 1. The molecule has 1 saturated carbocycles. The van der Waals surface area contributed by atoms with E-state index in [9.17, 15) is 18.8 Å². The van der Waals surface area contributed by atoms with Gasteiger partial charge in [0.2, 0.25) is 5.95 Å². The lowest BCUT2D eigenvalue weighted by Crippen LogP contribution is -2.19. The molecular formula is C19H13F2N3OS. The number of nitriles is 1. The Morgan fingerprint density at radius 2 is 2.12 bits per heavy atom. The first-order chi connectivity index (χ1) is 12.6. The maximum atomic E-state index is 14.4. The van der Waals surface area contributed by atoms with Gasteiger partial charge in [0.25, 0.3) is 0 Å². The fraction of sp³-hybridized carbons (Fsp3) is 0.211. The van der Waals surface area contributed by atoms with Gasteiger partial charge in [0.1, 0.15) is 11.6 Å². The van der Waals surface area contributed by atoms with Crippen molar-refractivity contribution < 1.29 is 13.6 Å². The Hall–Kier alpha value is -2.72. The Morgan fingerprint density at radius 3 is 2.81 bits per heavy atom. The standard InChI is InChI=1S/C19H13F2N3OS/c20-14-8-17(21)24-15(5-4-12(9-22)18(14)24)13-10-23-7-6-16(13)26-19(25)11-2-1-3-11/h4-8,10-11H,1-3H2. The van der Waals surface area contributed by atoms with Crippen molar-refractivity contribution in [1.29, 1.82) is 5.26 Å². The molecule has 3 heterocycles. The summed E-state index contributed by atoms with van der Waals surface area (Å²) >= 11 is 1.11. The zero-order valence-electron chi connectivity index (χ0n) is 13.6. The molecule has 0 aliphatic heterocycles. The maximum absolute atomic E-state index is 14.4. The van der Waals surface area contributed by atoms with E-state index < -0.39 is 11.8 Å². The SMILES string of the molecule is N#Cc1ccc(-c2cnccc2SC(=O)C2CCC2)n2c(F)cc(F)c12. The molecule has 0 N–H and O–H groups in total. The predicted molar refractivity (Wildman–Crippen MR) is 93.5 cm³/mol. The van der Waals surface area contributed by atoms with Gasteiger partial charge in [0.15, 0.2) is 10.9 Å². The van der Waals surface area contributed by atoms with Gasteiger partial charge in [-0.05, 0) is 31.0 Å². The Kier molecular flexibility index (Phi) is 4.21. The minimum Gasteiger partial charge on any atom is -0.287 e. The molecule has 0 aromatic carbocycles. The number of rotatable bonds is 3. The summed E-state index contributed by atoms with van der Waals surface area (Å²) in [7, 11) is 0. The van der Waals surface area contributed by atoms with E-state index in [1.807, 2.05) is 6.07 Å². The highest BCUT2D eigenvalue weighted by Gasteiger charge is 2.27. The molecule has 7 heteroatoms. The van der Waals surface area contributed by atoms with Crippen LogP contribution in [0.15, 0.2) is 41.6 Å². The number of carbonyl (C=O) groups excluding carboxylic acids is 1. The fourth-order valence-corrected chi connectivity index (χ4v) is 4.07. The molecule has 130 valence electrons. The molecule has 1 fully saturated rings. The van der Waals surface area contributed by atoms with Crippen molar-refractivity contribution in [3.05, 3.63) is 54.0 Å². The third-order valence-corrected chi connectivity index (χ3v) is 5.75. The van der Waals surface area contributed by atoms with Crippen molar-refractivity contribution in [3.63, 3.8) is 0 Å². The summed E-state index contributed by atoms with van der Waals surface area (Å²) in [6, 6.07) is 7.31. The molecule has 3 aromatic heterocycles. The molecule has 0 unspecified atom stereocenters. The van der Waals surface area contributed by atoms with Crippen LogP contribution in [0.4, 0.5) is 8.78 Å². The topological polar surface area (TPSA) is 58.2 Å². The summed E-state index contributed by atoms with van der Waals surface area (Å²) in [5, 5.41) is 9.26. The minimum absolute atomic E-state index is 0.0405. The van der Waals surface area contributed by atoms with Crippen LogP contribution in [0, 0.1) is 29.0 Å². The van der Waals surface area contributed by atoms with Gasteiger partial charge in [-0.2, -0.15) is 9.65 Å². The van der Waals surface area contributed by atoms with Crippen molar-refractivity contribution in [1.82, 2.24) is 9.38 Å². The number of halogens is 2. The Labute approximate surface area is 152 Å². The maximum Gasteiger partial charge on any atom is 0.201 e. The van der Waals surface area contributed by atoms with Crippen molar-refractivity contribution >= 4 is 22.4 Å². The lowest BCUT2D eigenvalue weighted by Gasteiger charge is -2.23. The largest absolute Gasteiger partial charge is 0.287 e. The van der Waals surface area contributed by atoms with Crippen LogP contribution in [0.5, 0.6) is 0 Å². The first kappa shape index (κ1) is 16.7. The zero-order valence-corrected chi connectivity index (χ0v) is 14.4.